The minimum Gasteiger partial charge on any atom is -0.326 e. The Labute approximate surface area is 179 Å². The van der Waals surface area contributed by atoms with Gasteiger partial charge in [-0.25, -0.2) is 0 Å². The zero-order valence-electron chi connectivity index (χ0n) is 16.7. The van der Waals surface area contributed by atoms with Crippen LogP contribution in [0.2, 0.25) is 0 Å². The molecule has 1 aliphatic rings. The topological polar surface area (TPSA) is 87.7 Å². The van der Waals surface area contributed by atoms with E-state index >= 15 is 0 Å². The smallest absolute Gasteiger partial charge is 0.227 e. The lowest BCUT2D eigenvalue weighted by Gasteiger charge is -2.07. The largest absolute Gasteiger partial charge is 0.326 e. The van der Waals surface area contributed by atoms with E-state index in [4.69, 9.17) is 0 Å². The van der Waals surface area contributed by atoms with Crippen LogP contribution in [0.15, 0.2) is 66.9 Å². The second kappa shape index (κ2) is 7.99. The van der Waals surface area contributed by atoms with Crippen molar-refractivity contribution in [3.8, 4) is 0 Å². The SMILES string of the molecule is O=C(c1cccc(NC(=O)C2CC2)c1)c1ccc2c(/C=C/c3ccccn3)n[nH]c2c1. The van der Waals surface area contributed by atoms with Gasteiger partial charge in [0.25, 0.3) is 0 Å². The number of nitrogens with one attached hydrogen (secondary N) is 2. The third kappa shape index (κ3) is 4.14. The van der Waals surface area contributed by atoms with Crippen molar-refractivity contribution in [3.63, 3.8) is 0 Å². The van der Waals surface area contributed by atoms with Gasteiger partial charge >= 0.3 is 0 Å². The third-order valence-electron chi connectivity index (χ3n) is 5.29. The summed E-state index contributed by atoms with van der Waals surface area (Å²) in [5.74, 6) is 0.0300. The van der Waals surface area contributed by atoms with Crippen LogP contribution in [-0.4, -0.2) is 26.9 Å². The molecule has 0 atom stereocenters. The number of fused-ring (bicyclic) bond motifs is 1. The van der Waals surface area contributed by atoms with E-state index in [0.29, 0.717) is 16.8 Å². The van der Waals surface area contributed by atoms with Crippen LogP contribution in [0, 0.1) is 5.92 Å². The van der Waals surface area contributed by atoms with Gasteiger partial charge in [-0.15, -0.1) is 0 Å². The van der Waals surface area contributed by atoms with Gasteiger partial charge in [-0.2, -0.15) is 5.10 Å². The summed E-state index contributed by atoms with van der Waals surface area (Å²) in [6.07, 6.45) is 7.42. The highest BCUT2D eigenvalue weighted by molar-refractivity contribution is 6.11. The first kappa shape index (κ1) is 18.9. The Bertz CT molecular complexity index is 1300. The van der Waals surface area contributed by atoms with Crippen LogP contribution in [0.1, 0.15) is 40.2 Å². The van der Waals surface area contributed by atoms with Crippen molar-refractivity contribution in [1.82, 2.24) is 15.2 Å². The Kier molecular flexibility index (Phi) is 4.88. The van der Waals surface area contributed by atoms with Gasteiger partial charge in [-0.3, -0.25) is 19.7 Å². The molecule has 2 aromatic heterocycles. The molecule has 152 valence electrons. The fourth-order valence-corrected chi connectivity index (χ4v) is 3.44. The number of benzene rings is 2. The van der Waals surface area contributed by atoms with Crippen LogP contribution in [0.25, 0.3) is 23.1 Å². The van der Waals surface area contributed by atoms with E-state index in [0.717, 1.165) is 35.1 Å². The van der Waals surface area contributed by atoms with Gasteiger partial charge < -0.3 is 5.32 Å². The van der Waals surface area contributed by atoms with Crippen molar-refractivity contribution in [2.45, 2.75) is 12.8 Å². The van der Waals surface area contributed by atoms with Crippen LogP contribution in [0.4, 0.5) is 5.69 Å². The van der Waals surface area contributed by atoms with Gasteiger partial charge in [0.05, 0.1) is 16.9 Å². The fourth-order valence-electron chi connectivity index (χ4n) is 3.44. The maximum atomic E-state index is 13.0. The fraction of sp³-hybridized carbons (Fsp3) is 0.120. The molecule has 2 aromatic carbocycles. The van der Waals surface area contributed by atoms with Crippen molar-refractivity contribution in [3.05, 3.63) is 89.4 Å². The average Bonchev–Trinajstić information content (AvgIpc) is 3.59. The number of amides is 1. The third-order valence-corrected chi connectivity index (χ3v) is 5.29. The Hall–Kier alpha value is -4.06. The van der Waals surface area contributed by atoms with Crippen molar-refractivity contribution < 1.29 is 9.59 Å². The number of hydrogen-bond donors (Lipinski definition) is 2. The number of carbonyl (C=O) groups excluding carboxylic acids is 2. The standard InChI is InChI=1S/C25H20N4O2/c30-24(17-4-3-6-20(14-17)27-25(31)16-7-8-16)18-9-11-21-22(28-29-23(21)15-18)12-10-19-5-1-2-13-26-19/h1-6,9-16H,7-8H2,(H,27,31)(H,28,29)/b12-10+. The number of carbonyl (C=O) groups is 2. The predicted octanol–water partition coefficient (Wildman–Crippen LogP) is 4.71. The average molecular weight is 408 g/mol. The zero-order chi connectivity index (χ0) is 21.2. The summed E-state index contributed by atoms with van der Waals surface area (Å²) < 4.78 is 0. The van der Waals surface area contributed by atoms with E-state index in [1.165, 1.54) is 0 Å². The van der Waals surface area contributed by atoms with E-state index in [1.54, 1.807) is 42.6 Å². The Morgan fingerprint density at radius 2 is 1.84 bits per heavy atom. The molecule has 2 heterocycles. The molecular weight excluding hydrogens is 388 g/mol. The summed E-state index contributed by atoms with van der Waals surface area (Å²) in [5.41, 5.74) is 4.14. The highest BCUT2D eigenvalue weighted by Crippen LogP contribution is 2.30. The summed E-state index contributed by atoms with van der Waals surface area (Å²) in [6.45, 7) is 0. The Morgan fingerprint density at radius 3 is 2.65 bits per heavy atom. The molecule has 5 rings (SSSR count). The number of anilines is 1. The number of H-pyrrole nitrogens is 1. The van der Waals surface area contributed by atoms with Gasteiger partial charge in [0.15, 0.2) is 5.78 Å². The molecule has 0 radical (unpaired) electrons. The van der Waals surface area contributed by atoms with E-state index in [9.17, 15) is 9.59 Å². The van der Waals surface area contributed by atoms with Crippen LogP contribution >= 0.6 is 0 Å². The quantitative estimate of drug-likeness (QED) is 0.452. The number of pyridine rings is 1. The second-order valence-electron chi connectivity index (χ2n) is 7.63. The first-order chi connectivity index (χ1) is 15.2. The lowest BCUT2D eigenvalue weighted by molar-refractivity contribution is -0.117. The summed E-state index contributed by atoms with van der Waals surface area (Å²) in [5, 5.41) is 11.2. The van der Waals surface area contributed by atoms with E-state index in [-0.39, 0.29) is 17.6 Å². The predicted molar refractivity (Wildman–Crippen MR) is 120 cm³/mol. The molecule has 4 aromatic rings. The van der Waals surface area contributed by atoms with E-state index in [2.05, 4.69) is 20.5 Å². The summed E-state index contributed by atoms with van der Waals surface area (Å²) in [6, 6.07) is 18.3. The molecule has 2 N–H and O–H groups in total. The number of rotatable bonds is 6. The van der Waals surface area contributed by atoms with Crippen LogP contribution in [-0.2, 0) is 4.79 Å². The van der Waals surface area contributed by atoms with Crippen LogP contribution in [0.5, 0.6) is 0 Å². The molecule has 6 nitrogen and oxygen atoms in total. The first-order valence-electron chi connectivity index (χ1n) is 10.2. The van der Waals surface area contributed by atoms with E-state index < -0.39 is 0 Å². The van der Waals surface area contributed by atoms with Crippen molar-refractivity contribution in [2.24, 2.45) is 5.92 Å². The lowest BCUT2D eigenvalue weighted by Crippen LogP contribution is -2.13. The number of aromatic nitrogens is 3. The molecule has 6 heteroatoms. The van der Waals surface area contributed by atoms with Gasteiger partial charge in [-0.1, -0.05) is 24.3 Å². The lowest BCUT2D eigenvalue weighted by atomic mass is 10.0. The molecule has 0 unspecified atom stereocenters. The van der Waals surface area contributed by atoms with E-state index in [1.807, 2.05) is 36.4 Å². The van der Waals surface area contributed by atoms with Gasteiger partial charge in [0.1, 0.15) is 0 Å². The molecule has 31 heavy (non-hydrogen) atoms. The normalized spacial score (nSPS) is 13.5. The number of aromatic amines is 1. The molecular formula is C25H20N4O2. The number of nitrogens with zero attached hydrogens (tertiary/aromatic N) is 2. The maximum absolute atomic E-state index is 13.0. The minimum atomic E-state index is -0.107. The van der Waals surface area contributed by atoms with Gasteiger partial charge in [0.2, 0.25) is 5.91 Å². The molecule has 0 bridgehead atoms. The maximum Gasteiger partial charge on any atom is 0.227 e. The van der Waals surface area contributed by atoms with Crippen LogP contribution in [0.3, 0.4) is 0 Å². The minimum absolute atomic E-state index is 0.0229. The molecule has 0 aliphatic heterocycles. The number of hydrogen-bond acceptors (Lipinski definition) is 4. The van der Waals surface area contributed by atoms with Crippen molar-refractivity contribution in [1.29, 1.82) is 0 Å². The van der Waals surface area contributed by atoms with Crippen molar-refractivity contribution in [2.75, 3.05) is 5.32 Å². The van der Waals surface area contributed by atoms with Crippen molar-refractivity contribution >= 4 is 40.4 Å². The monoisotopic (exact) mass is 408 g/mol. The van der Waals surface area contributed by atoms with Gasteiger partial charge in [-0.05, 0) is 61.4 Å². The highest BCUT2D eigenvalue weighted by atomic mass is 16.2. The summed E-state index contributed by atoms with van der Waals surface area (Å²) in [4.78, 5) is 29.3. The molecule has 1 amide bonds. The summed E-state index contributed by atoms with van der Waals surface area (Å²) >= 11 is 0. The van der Waals surface area contributed by atoms with Gasteiger partial charge in [0, 0.05) is 34.3 Å². The summed E-state index contributed by atoms with van der Waals surface area (Å²) in [7, 11) is 0. The molecule has 1 aliphatic carbocycles. The second-order valence-corrected chi connectivity index (χ2v) is 7.63. The zero-order valence-corrected chi connectivity index (χ0v) is 16.7. The molecule has 0 spiro atoms. The molecule has 1 fully saturated rings. The highest BCUT2D eigenvalue weighted by Gasteiger charge is 2.29. The Balaban J connectivity index is 1.37. The van der Waals surface area contributed by atoms with Crippen LogP contribution < -0.4 is 5.32 Å². The first-order valence-corrected chi connectivity index (χ1v) is 10.2. The Morgan fingerprint density at radius 1 is 0.968 bits per heavy atom. The number of ketones is 1. The molecule has 1 saturated carbocycles. The molecule has 0 saturated heterocycles.